The number of aliphatic hydroxyl groups is 1. The molecule has 8 unspecified atom stereocenters. The molecule has 2 aliphatic heterocycles. The van der Waals surface area contributed by atoms with Crippen molar-refractivity contribution in [3.63, 3.8) is 0 Å². The molecular formula is C34H42O9. The van der Waals surface area contributed by atoms with Crippen LogP contribution in [-0.4, -0.2) is 53.4 Å². The van der Waals surface area contributed by atoms with Crippen molar-refractivity contribution in [2.75, 3.05) is 6.61 Å². The van der Waals surface area contributed by atoms with Crippen molar-refractivity contribution in [2.24, 2.45) is 17.8 Å². The van der Waals surface area contributed by atoms with Gasteiger partial charge in [-0.3, -0.25) is 14.4 Å². The number of benzene rings is 1. The van der Waals surface area contributed by atoms with E-state index in [1.54, 1.807) is 0 Å². The Morgan fingerprint density at radius 3 is 2.60 bits per heavy atom. The quantitative estimate of drug-likeness (QED) is 0.149. The van der Waals surface area contributed by atoms with Crippen LogP contribution in [0.3, 0.4) is 0 Å². The van der Waals surface area contributed by atoms with Crippen LogP contribution < -0.4 is 0 Å². The summed E-state index contributed by atoms with van der Waals surface area (Å²) in [6.07, 6.45) is 1.98. The van der Waals surface area contributed by atoms with Gasteiger partial charge in [0.05, 0.1) is 19.1 Å². The Labute approximate surface area is 252 Å². The molecule has 0 saturated carbocycles. The van der Waals surface area contributed by atoms with E-state index in [1.807, 2.05) is 32.0 Å². The molecule has 43 heavy (non-hydrogen) atoms. The molecule has 0 radical (unpaired) electrons. The van der Waals surface area contributed by atoms with Crippen LogP contribution in [0.1, 0.15) is 95.2 Å². The van der Waals surface area contributed by atoms with Crippen molar-refractivity contribution in [1.29, 1.82) is 0 Å². The van der Waals surface area contributed by atoms with Crippen LogP contribution in [0.2, 0.25) is 0 Å². The maximum absolute atomic E-state index is 13.8. The van der Waals surface area contributed by atoms with Crippen molar-refractivity contribution in [2.45, 2.75) is 103 Å². The van der Waals surface area contributed by atoms with Gasteiger partial charge in [-0.1, -0.05) is 38.6 Å². The van der Waals surface area contributed by atoms with Gasteiger partial charge < -0.3 is 24.1 Å². The van der Waals surface area contributed by atoms with E-state index in [9.17, 15) is 24.3 Å². The van der Waals surface area contributed by atoms with Gasteiger partial charge in [-0.25, -0.2) is 4.79 Å². The Balaban J connectivity index is 1.45. The summed E-state index contributed by atoms with van der Waals surface area (Å²) in [6, 6.07) is 5.69. The highest BCUT2D eigenvalue weighted by Gasteiger charge is 2.61. The average Bonchev–Trinajstić information content (AvgIpc) is 3.26. The number of fused-ring (bicyclic) bond motifs is 3. The Morgan fingerprint density at radius 2 is 1.93 bits per heavy atom. The normalized spacial score (nSPS) is 32.2. The first-order chi connectivity index (χ1) is 20.3. The summed E-state index contributed by atoms with van der Waals surface area (Å²) >= 11 is 0. The summed E-state index contributed by atoms with van der Waals surface area (Å²) in [5.74, 6) is -2.58. The summed E-state index contributed by atoms with van der Waals surface area (Å²) < 4.78 is 23.1. The maximum Gasteiger partial charge on any atom is 0.334 e. The van der Waals surface area contributed by atoms with E-state index in [2.05, 4.69) is 13.5 Å². The van der Waals surface area contributed by atoms with Crippen LogP contribution in [0.25, 0.3) is 0 Å². The first-order valence-corrected chi connectivity index (χ1v) is 15.3. The molecule has 1 N–H and O–H groups in total. The highest BCUT2D eigenvalue weighted by atomic mass is 16.6. The minimum atomic E-state index is -1.00. The maximum atomic E-state index is 13.8. The number of ether oxygens (including phenoxy) is 4. The van der Waals surface area contributed by atoms with Crippen molar-refractivity contribution in [3.05, 3.63) is 58.2 Å². The molecule has 2 saturated heterocycles. The minimum Gasteiger partial charge on any atom is -0.466 e. The van der Waals surface area contributed by atoms with E-state index in [0.717, 1.165) is 34.3 Å². The monoisotopic (exact) mass is 594 g/mol. The lowest BCUT2D eigenvalue weighted by molar-refractivity contribution is -0.177. The van der Waals surface area contributed by atoms with Gasteiger partial charge in [0.2, 0.25) is 0 Å². The fraction of sp³-hybridized carbons (Fsp3) is 0.588. The summed E-state index contributed by atoms with van der Waals surface area (Å²) in [4.78, 5) is 49.7. The number of hydrogen-bond donors (Lipinski definition) is 1. The number of rotatable bonds is 8. The van der Waals surface area contributed by atoms with Gasteiger partial charge in [0, 0.05) is 31.3 Å². The molecule has 8 atom stereocenters. The second kappa shape index (κ2) is 11.9. The molecule has 1 aromatic rings. The Hall–Kier alpha value is -3.46. The Bertz CT molecular complexity index is 1380. The summed E-state index contributed by atoms with van der Waals surface area (Å²) in [6.45, 7) is 13.0. The minimum absolute atomic E-state index is 0.0544. The van der Waals surface area contributed by atoms with E-state index < -0.39 is 23.6 Å². The van der Waals surface area contributed by atoms with Crippen LogP contribution in [0.4, 0.5) is 0 Å². The molecule has 1 aromatic carbocycles. The van der Waals surface area contributed by atoms with Crippen LogP contribution >= 0.6 is 0 Å². The fourth-order valence-electron chi connectivity index (χ4n) is 7.83. The van der Waals surface area contributed by atoms with E-state index in [4.69, 9.17) is 18.9 Å². The zero-order valence-corrected chi connectivity index (χ0v) is 25.6. The van der Waals surface area contributed by atoms with Gasteiger partial charge in [0.25, 0.3) is 0 Å². The zero-order chi connectivity index (χ0) is 31.2. The second-order valence-electron chi connectivity index (χ2n) is 12.8. The standard InChI is InChI=1S/C34H42O9/c1-17(8-7-11-40-20(4)36)24-13-22(9-10-23(24)16-35)26-15-28-31(41-21(5)37)30-18(2)12-29-25(19(3)32(38)42-29)14-27(30)34(28,6)43-33(26)39/h9-10,13,17-18,25-26,28-29,31,35H,3,7-8,11-12,14-16H2,1-2,4-6H3. The molecule has 4 aliphatic rings. The molecule has 0 bridgehead atoms. The molecule has 0 amide bonds. The number of carbonyl (C=O) groups excluding carboxylic acids is 4. The molecule has 2 fully saturated rings. The molecular weight excluding hydrogens is 552 g/mol. The summed E-state index contributed by atoms with van der Waals surface area (Å²) in [7, 11) is 0. The van der Waals surface area contributed by atoms with Crippen molar-refractivity contribution in [3.8, 4) is 0 Å². The lowest BCUT2D eigenvalue weighted by atomic mass is 9.73. The molecule has 9 nitrogen and oxygen atoms in total. The first-order valence-electron chi connectivity index (χ1n) is 15.3. The van der Waals surface area contributed by atoms with Gasteiger partial charge in [0.15, 0.2) is 0 Å². The predicted octanol–water partition coefficient (Wildman–Crippen LogP) is 4.80. The summed E-state index contributed by atoms with van der Waals surface area (Å²) in [5.41, 5.74) is 3.80. The molecule has 2 aliphatic carbocycles. The lowest BCUT2D eigenvalue weighted by Gasteiger charge is -2.43. The van der Waals surface area contributed by atoms with Gasteiger partial charge in [-0.15, -0.1) is 0 Å². The molecule has 5 rings (SSSR count). The van der Waals surface area contributed by atoms with E-state index in [1.165, 1.54) is 13.8 Å². The van der Waals surface area contributed by atoms with Crippen molar-refractivity contribution in [1.82, 2.24) is 0 Å². The third kappa shape index (κ3) is 5.64. The largest absolute Gasteiger partial charge is 0.466 e. The van der Waals surface area contributed by atoms with Gasteiger partial charge in [-0.05, 0) is 78.7 Å². The SMILES string of the molecule is C=C1C(=O)OC2CC(C)C3=C(CC12)C1(C)OC(=O)C(c2ccc(CO)c(C(C)CCCOC(C)=O)c2)CC1C3OC(C)=O. The number of esters is 4. The molecule has 0 spiro atoms. The predicted molar refractivity (Wildman–Crippen MR) is 155 cm³/mol. The number of hydrogen-bond acceptors (Lipinski definition) is 9. The van der Waals surface area contributed by atoms with Crippen LogP contribution in [-0.2, 0) is 44.7 Å². The van der Waals surface area contributed by atoms with Crippen LogP contribution in [0, 0.1) is 17.8 Å². The number of aliphatic hydroxyl groups excluding tert-OH is 1. The molecule has 9 heteroatoms. The van der Waals surface area contributed by atoms with Gasteiger partial charge in [0.1, 0.15) is 17.8 Å². The third-order valence-corrected chi connectivity index (χ3v) is 10.0. The van der Waals surface area contributed by atoms with E-state index >= 15 is 0 Å². The zero-order valence-electron chi connectivity index (χ0n) is 25.6. The van der Waals surface area contributed by atoms with Gasteiger partial charge >= 0.3 is 23.9 Å². The second-order valence-corrected chi connectivity index (χ2v) is 12.8. The van der Waals surface area contributed by atoms with E-state index in [0.29, 0.717) is 37.9 Å². The first kappa shape index (κ1) is 31.0. The number of carbonyl (C=O) groups is 4. The van der Waals surface area contributed by atoms with Crippen molar-refractivity contribution < 1.29 is 43.2 Å². The van der Waals surface area contributed by atoms with Gasteiger partial charge in [-0.2, -0.15) is 0 Å². The topological polar surface area (TPSA) is 125 Å². The highest BCUT2D eigenvalue weighted by molar-refractivity contribution is 5.91. The van der Waals surface area contributed by atoms with E-state index in [-0.39, 0.29) is 54.3 Å². The highest BCUT2D eigenvalue weighted by Crippen LogP contribution is 2.58. The lowest BCUT2D eigenvalue weighted by Crippen LogP contribution is -2.49. The Morgan fingerprint density at radius 1 is 1.19 bits per heavy atom. The van der Waals surface area contributed by atoms with Crippen LogP contribution in [0.5, 0.6) is 0 Å². The van der Waals surface area contributed by atoms with Crippen LogP contribution in [0.15, 0.2) is 41.5 Å². The average molecular weight is 595 g/mol. The molecule has 0 aromatic heterocycles. The third-order valence-electron chi connectivity index (χ3n) is 10.0. The Kier molecular flexibility index (Phi) is 8.58. The smallest absolute Gasteiger partial charge is 0.334 e. The van der Waals surface area contributed by atoms with Crippen molar-refractivity contribution >= 4 is 23.9 Å². The molecule has 2 heterocycles. The summed E-state index contributed by atoms with van der Waals surface area (Å²) in [5, 5.41) is 10.1. The molecule has 232 valence electrons. The fourth-order valence-corrected chi connectivity index (χ4v) is 7.83.